The molecule has 2 N–H and O–H groups in total. The van der Waals surface area contributed by atoms with Crippen LogP contribution in [0.1, 0.15) is 18.9 Å². The molecule has 0 atom stereocenters. The van der Waals surface area contributed by atoms with Crippen molar-refractivity contribution in [2.75, 3.05) is 18.4 Å². The van der Waals surface area contributed by atoms with Crippen LogP contribution in [0.4, 0.5) is 11.5 Å². The van der Waals surface area contributed by atoms with Gasteiger partial charge in [-0.2, -0.15) is 5.10 Å². The van der Waals surface area contributed by atoms with Gasteiger partial charge in [0.05, 0.1) is 27.7 Å². The third-order valence-electron chi connectivity index (χ3n) is 4.23. The molecule has 0 bridgehead atoms. The first-order chi connectivity index (χ1) is 11.7. The second-order valence-corrected chi connectivity index (χ2v) is 6.60. The molecule has 0 unspecified atom stereocenters. The first kappa shape index (κ1) is 15.6. The van der Waals surface area contributed by atoms with Crippen LogP contribution in [0.3, 0.4) is 0 Å². The summed E-state index contributed by atoms with van der Waals surface area (Å²) in [6, 6.07) is 5.76. The smallest absolute Gasteiger partial charge is 0.163 e. The predicted molar refractivity (Wildman–Crippen MR) is 96.2 cm³/mol. The van der Waals surface area contributed by atoms with Crippen molar-refractivity contribution in [1.82, 2.24) is 25.1 Å². The van der Waals surface area contributed by atoms with Crippen LogP contribution in [-0.4, -0.2) is 32.8 Å². The summed E-state index contributed by atoms with van der Waals surface area (Å²) in [5, 5.41) is 13.1. The number of piperidine rings is 1. The van der Waals surface area contributed by atoms with Crippen molar-refractivity contribution in [2.24, 2.45) is 0 Å². The van der Waals surface area contributed by atoms with E-state index < -0.39 is 0 Å². The normalized spacial score (nSPS) is 15.8. The van der Waals surface area contributed by atoms with Crippen molar-refractivity contribution in [3.63, 3.8) is 0 Å². The lowest BCUT2D eigenvalue weighted by molar-refractivity contribution is 0.349. The summed E-state index contributed by atoms with van der Waals surface area (Å²) < 4.78 is 2.01. The first-order valence-corrected chi connectivity index (χ1v) is 8.59. The number of hydrogen-bond donors (Lipinski definition) is 2. The van der Waals surface area contributed by atoms with Gasteiger partial charge in [0.1, 0.15) is 12.1 Å². The molecule has 6 nitrogen and oxygen atoms in total. The molecule has 0 aliphatic carbocycles. The summed E-state index contributed by atoms with van der Waals surface area (Å²) in [5.74, 6) is 0.707. The summed E-state index contributed by atoms with van der Waals surface area (Å²) in [5.41, 5.74) is 1.67. The summed E-state index contributed by atoms with van der Waals surface area (Å²) in [7, 11) is 0. The Morgan fingerprint density at radius 3 is 2.75 bits per heavy atom. The van der Waals surface area contributed by atoms with E-state index in [2.05, 4.69) is 25.7 Å². The molecule has 1 aliphatic rings. The van der Waals surface area contributed by atoms with Crippen molar-refractivity contribution >= 4 is 45.7 Å². The summed E-state index contributed by atoms with van der Waals surface area (Å²) in [4.78, 5) is 8.78. The molecule has 4 rings (SSSR count). The molecule has 8 heteroatoms. The van der Waals surface area contributed by atoms with Crippen LogP contribution in [0.25, 0.3) is 11.0 Å². The predicted octanol–water partition coefficient (Wildman–Crippen LogP) is 3.80. The van der Waals surface area contributed by atoms with Crippen molar-refractivity contribution < 1.29 is 0 Å². The maximum Gasteiger partial charge on any atom is 0.163 e. The average molecular weight is 363 g/mol. The zero-order valence-corrected chi connectivity index (χ0v) is 14.3. The molecule has 3 aromatic rings. The lowest BCUT2D eigenvalue weighted by Gasteiger charge is -2.23. The van der Waals surface area contributed by atoms with Crippen LogP contribution in [-0.2, 0) is 0 Å². The molecule has 2 aromatic heterocycles. The molecule has 1 fully saturated rings. The van der Waals surface area contributed by atoms with Crippen molar-refractivity contribution in [2.45, 2.75) is 18.9 Å². The fourth-order valence-electron chi connectivity index (χ4n) is 2.99. The topological polar surface area (TPSA) is 67.7 Å². The van der Waals surface area contributed by atoms with Crippen LogP contribution < -0.4 is 10.6 Å². The van der Waals surface area contributed by atoms with E-state index in [0.29, 0.717) is 21.9 Å². The van der Waals surface area contributed by atoms with Gasteiger partial charge in [-0.1, -0.05) is 23.2 Å². The average Bonchev–Trinajstić information content (AvgIpc) is 3.04. The van der Waals surface area contributed by atoms with E-state index in [1.165, 1.54) is 0 Å². The Bertz CT molecular complexity index is 872. The van der Waals surface area contributed by atoms with Crippen LogP contribution in [0.2, 0.25) is 10.0 Å². The second kappa shape index (κ2) is 6.55. The molecular formula is C16H16Cl2N6. The van der Waals surface area contributed by atoms with E-state index in [4.69, 9.17) is 23.2 Å². The Morgan fingerprint density at radius 2 is 1.96 bits per heavy atom. The van der Waals surface area contributed by atoms with Crippen LogP contribution in [0, 0.1) is 0 Å². The quantitative estimate of drug-likeness (QED) is 0.741. The number of halogens is 2. The highest BCUT2D eigenvalue weighted by molar-refractivity contribution is 6.42. The van der Waals surface area contributed by atoms with Gasteiger partial charge >= 0.3 is 0 Å². The van der Waals surface area contributed by atoms with Crippen molar-refractivity contribution in [1.29, 1.82) is 0 Å². The lowest BCUT2D eigenvalue weighted by atomic mass is 10.1. The SMILES string of the molecule is Clc1ccc(Nc2ncnc3c2cnn3C2CCNCC2)cc1Cl. The number of nitrogens with zero attached hydrogens (tertiary/aromatic N) is 4. The van der Waals surface area contributed by atoms with Gasteiger partial charge in [0, 0.05) is 5.69 Å². The van der Waals surface area contributed by atoms with E-state index in [9.17, 15) is 0 Å². The molecule has 0 amide bonds. The van der Waals surface area contributed by atoms with Gasteiger partial charge in [-0.25, -0.2) is 14.6 Å². The van der Waals surface area contributed by atoms with E-state index in [0.717, 1.165) is 42.7 Å². The van der Waals surface area contributed by atoms with E-state index >= 15 is 0 Å². The molecule has 124 valence electrons. The number of rotatable bonds is 3. The van der Waals surface area contributed by atoms with Crippen molar-refractivity contribution in [3.8, 4) is 0 Å². The van der Waals surface area contributed by atoms with Crippen LogP contribution in [0.15, 0.2) is 30.7 Å². The molecule has 0 saturated carbocycles. The number of fused-ring (bicyclic) bond motifs is 1. The Morgan fingerprint density at radius 1 is 1.12 bits per heavy atom. The van der Waals surface area contributed by atoms with Gasteiger partial charge in [0.2, 0.25) is 0 Å². The number of aromatic nitrogens is 4. The molecule has 1 aliphatic heterocycles. The Kier molecular flexibility index (Phi) is 4.26. The molecule has 1 aromatic carbocycles. The Labute approximate surface area is 149 Å². The van der Waals surface area contributed by atoms with Crippen LogP contribution >= 0.6 is 23.2 Å². The number of hydrogen-bond acceptors (Lipinski definition) is 5. The monoisotopic (exact) mass is 362 g/mol. The van der Waals surface area contributed by atoms with Gasteiger partial charge in [0.25, 0.3) is 0 Å². The molecule has 1 saturated heterocycles. The zero-order valence-electron chi connectivity index (χ0n) is 12.8. The Balaban J connectivity index is 1.68. The summed E-state index contributed by atoms with van der Waals surface area (Å²) >= 11 is 12.0. The third-order valence-corrected chi connectivity index (χ3v) is 4.97. The van der Waals surface area contributed by atoms with Gasteiger partial charge in [-0.05, 0) is 44.1 Å². The largest absolute Gasteiger partial charge is 0.339 e. The fourth-order valence-corrected chi connectivity index (χ4v) is 3.29. The standard InChI is InChI=1S/C16H16Cl2N6/c17-13-2-1-10(7-14(13)18)23-15-12-8-22-24(16(12)21-9-20-15)11-3-5-19-6-4-11/h1-2,7-9,11,19H,3-6H2,(H,20,21,23). The Hall–Kier alpha value is -1.89. The van der Waals surface area contributed by atoms with Gasteiger partial charge in [-0.15, -0.1) is 0 Å². The highest BCUT2D eigenvalue weighted by atomic mass is 35.5. The maximum atomic E-state index is 6.08. The lowest BCUT2D eigenvalue weighted by Crippen LogP contribution is -2.29. The number of benzene rings is 1. The molecule has 0 spiro atoms. The minimum Gasteiger partial charge on any atom is -0.339 e. The van der Waals surface area contributed by atoms with Gasteiger partial charge in [0.15, 0.2) is 5.65 Å². The van der Waals surface area contributed by atoms with E-state index in [1.807, 2.05) is 16.9 Å². The third kappa shape index (κ3) is 2.92. The zero-order chi connectivity index (χ0) is 16.5. The minimum atomic E-state index is 0.372. The highest BCUT2D eigenvalue weighted by Crippen LogP contribution is 2.30. The van der Waals surface area contributed by atoms with E-state index in [1.54, 1.807) is 18.5 Å². The summed E-state index contributed by atoms with van der Waals surface area (Å²) in [6.07, 6.45) is 5.48. The fraction of sp³-hybridized carbons (Fsp3) is 0.312. The summed E-state index contributed by atoms with van der Waals surface area (Å²) in [6.45, 7) is 2.01. The van der Waals surface area contributed by atoms with Crippen molar-refractivity contribution in [3.05, 3.63) is 40.8 Å². The van der Waals surface area contributed by atoms with Gasteiger partial charge < -0.3 is 10.6 Å². The van der Waals surface area contributed by atoms with Gasteiger partial charge in [-0.3, -0.25) is 0 Å². The van der Waals surface area contributed by atoms with E-state index in [-0.39, 0.29) is 0 Å². The number of anilines is 2. The van der Waals surface area contributed by atoms with Crippen LogP contribution in [0.5, 0.6) is 0 Å². The molecule has 24 heavy (non-hydrogen) atoms. The molecule has 0 radical (unpaired) electrons. The molecular weight excluding hydrogens is 347 g/mol. The maximum absolute atomic E-state index is 6.08. The second-order valence-electron chi connectivity index (χ2n) is 5.78. The number of nitrogens with one attached hydrogen (secondary N) is 2. The highest BCUT2D eigenvalue weighted by Gasteiger charge is 2.19. The first-order valence-electron chi connectivity index (χ1n) is 7.83. The minimum absolute atomic E-state index is 0.372. The molecule has 3 heterocycles.